The maximum Gasteiger partial charge on any atom is 0.217 e. The Bertz CT molecular complexity index is 723. The molecular weight excluding hydrogens is 314 g/mol. The zero-order valence-electron chi connectivity index (χ0n) is 13.5. The van der Waals surface area contributed by atoms with Crippen LogP contribution in [0.5, 0.6) is 0 Å². The lowest BCUT2D eigenvalue weighted by atomic mass is 10.1. The first-order valence-electron chi connectivity index (χ1n) is 7.67. The zero-order valence-corrected chi connectivity index (χ0v) is 14.3. The molecule has 0 unspecified atom stereocenters. The number of ether oxygens (including phenoxy) is 1. The third-order valence-corrected chi connectivity index (χ3v) is 3.43. The molecule has 2 heterocycles. The number of aromatic nitrogens is 4. The van der Waals surface area contributed by atoms with Crippen LogP contribution >= 0.6 is 11.6 Å². The molecule has 1 aromatic heterocycles. The van der Waals surface area contributed by atoms with Crippen molar-refractivity contribution in [2.75, 3.05) is 6.61 Å². The molecule has 122 valence electrons. The number of fused-ring (bicyclic) bond motifs is 2. The third-order valence-electron chi connectivity index (χ3n) is 3.19. The Kier molecular flexibility index (Phi) is 5.87. The third kappa shape index (κ3) is 3.76. The number of halogens is 1. The fraction of sp³-hybridized carbons (Fsp3) is 0.375. The predicted octanol–water partition coefficient (Wildman–Crippen LogP) is 3.66. The van der Waals surface area contributed by atoms with E-state index in [-0.39, 0.29) is 5.90 Å². The summed E-state index contributed by atoms with van der Waals surface area (Å²) in [5.41, 5.74) is 2.57. The van der Waals surface area contributed by atoms with Crippen LogP contribution in [0.3, 0.4) is 0 Å². The van der Waals surface area contributed by atoms with Crippen LogP contribution in [0, 0.1) is 5.41 Å². The van der Waals surface area contributed by atoms with Crippen LogP contribution in [0.25, 0.3) is 11.6 Å². The quantitative estimate of drug-likeness (QED) is 0.687. The predicted molar refractivity (Wildman–Crippen MR) is 91.6 cm³/mol. The number of nitrogens with zero attached hydrogens (tertiary/aromatic N) is 4. The molecule has 6 nitrogen and oxygen atoms in total. The summed E-state index contributed by atoms with van der Waals surface area (Å²) in [7, 11) is 0. The topological polar surface area (TPSA) is 76.7 Å². The summed E-state index contributed by atoms with van der Waals surface area (Å²) in [5, 5.41) is 20.5. The molecule has 0 saturated carbocycles. The molecule has 23 heavy (non-hydrogen) atoms. The Morgan fingerprint density at radius 1 is 1.39 bits per heavy atom. The van der Waals surface area contributed by atoms with Gasteiger partial charge in [-0.3, -0.25) is 5.41 Å². The van der Waals surface area contributed by atoms with Gasteiger partial charge in [0, 0.05) is 5.02 Å². The Morgan fingerprint density at radius 3 is 2.91 bits per heavy atom. The van der Waals surface area contributed by atoms with Crippen LogP contribution in [0.15, 0.2) is 18.2 Å². The molecular formula is C16H20ClN5O. The molecule has 0 radical (unpaired) electrons. The summed E-state index contributed by atoms with van der Waals surface area (Å²) in [6.45, 7) is 7.00. The number of hydrogen-bond acceptors (Lipinski definition) is 5. The van der Waals surface area contributed by atoms with E-state index in [1.165, 1.54) is 0 Å². The van der Waals surface area contributed by atoms with Gasteiger partial charge in [-0.25, -0.2) is 4.68 Å². The molecule has 1 aromatic carbocycles. The van der Waals surface area contributed by atoms with E-state index in [4.69, 9.17) is 21.7 Å². The number of nitrogens with one attached hydrogen (secondary N) is 1. The molecule has 7 heteroatoms. The van der Waals surface area contributed by atoms with Gasteiger partial charge < -0.3 is 4.74 Å². The largest absolute Gasteiger partial charge is 0.478 e. The van der Waals surface area contributed by atoms with Crippen molar-refractivity contribution in [3.63, 3.8) is 0 Å². The minimum Gasteiger partial charge on any atom is -0.478 e. The summed E-state index contributed by atoms with van der Waals surface area (Å²) in [5.74, 6) is 0.610. The van der Waals surface area contributed by atoms with Crippen LogP contribution in [-0.2, 0) is 11.3 Å². The maximum atomic E-state index is 8.11. The van der Waals surface area contributed by atoms with Crippen LogP contribution < -0.4 is 0 Å². The Morgan fingerprint density at radius 2 is 2.17 bits per heavy atom. The Hall–Kier alpha value is -2.21. The van der Waals surface area contributed by atoms with E-state index < -0.39 is 0 Å². The van der Waals surface area contributed by atoms with Gasteiger partial charge in [0.05, 0.1) is 18.7 Å². The van der Waals surface area contributed by atoms with Crippen LogP contribution in [0.1, 0.15) is 44.1 Å². The first kappa shape index (κ1) is 17.1. The van der Waals surface area contributed by atoms with Gasteiger partial charge in [-0.1, -0.05) is 38.4 Å². The highest BCUT2D eigenvalue weighted by Gasteiger charge is 2.22. The average Bonchev–Trinajstić information content (AvgIpc) is 2.96. The average molecular weight is 334 g/mol. The first-order valence-corrected chi connectivity index (χ1v) is 8.05. The van der Waals surface area contributed by atoms with Crippen molar-refractivity contribution in [3.05, 3.63) is 40.2 Å². The highest BCUT2D eigenvalue weighted by atomic mass is 35.5. The van der Waals surface area contributed by atoms with Crippen LogP contribution in [0.2, 0.25) is 5.02 Å². The Labute approximate surface area is 140 Å². The molecule has 0 spiro atoms. The molecule has 0 fully saturated rings. The van der Waals surface area contributed by atoms with E-state index in [2.05, 4.69) is 15.5 Å². The summed E-state index contributed by atoms with van der Waals surface area (Å²) in [4.78, 5) is 0. The van der Waals surface area contributed by atoms with Gasteiger partial charge in [0.1, 0.15) is 0 Å². The van der Waals surface area contributed by atoms with Gasteiger partial charge in [0.15, 0.2) is 5.82 Å². The van der Waals surface area contributed by atoms with E-state index >= 15 is 0 Å². The van der Waals surface area contributed by atoms with E-state index in [0.29, 0.717) is 29.6 Å². The highest BCUT2D eigenvalue weighted by Crippen LogP contribution is 2.27. The summed E-state index contributed by atoms with van der Waals surface area (Å²) in [6, 6.07) is 5.63. The molecule has 1 N–H and O–H groups in total. The van der Waals surface area contributed by atoms with E-state index in [0.717, 1.165) is 17.5 Å². The van der Waals surface area contributed by atoms with Gasteiger partial charge in [-0.05, 0) is 46.2 Å². The van der Waals surface area contributed by atoms with Gasteiger partial charge in [-0.2, -0.15) is 0 Å². The second-order valence-corrected chi connectivity index (χ2v) is 5.18. The fourth-order valence-corrected chi connectivity index (χ4v) is 2.38. The summed E-state index contributed by atoms with van der Waals surface area (Å²) >= 11 is 6.05. The van der Waals surface area contributed by atoms with Crippen molar-refractivity contribution in [2.45, 2.75) is 33.7 Å². The Balaban J connectivity index is 0.000000924. The van der Waals surface area contributed by atoms with E-state index in [9.17, 15) is 0 Å². The van der Waals surface area contributed by atoms with Gasteiger partial charge in [-0.15, -0.1) is 5.10 Å². The zero-order chi connectivity index (χ0) is 16.8. The van der Waals surface area contributed by atoms with Gasteiger partial charge in [0.25, 0.3) is 0 Å². The second-order valence-electron chi connectivity index (χ2n) is 4.74. The van der Waals surface area contributed by atoms with Crippen LogP contribution in [-0.4, -0.2) is 32.7 Å². The number of tetrazole rings is 1. The van der Waals surface area contributed by atoms with Crippen molar-refractivity contribution < 1.29 is 4.74 Å². The lowest BCUT2D eigenvalue weighted by molar-refractivity contribution is 0.306. The smallest absolute Gasteiger partial charge is 0.217 e. The standard InChI is InChI=1S/C14H14ClN5O.C2H6/c1-2-5-21-13(16)12-7-9-3-4-11(15)6-10(9)8-20-14(12)17-18-19-20;1-2/h3-4,6-7,16H,2,5,8H2,1H3;1-2H3. The molecule has 0 amide bonds. The van der Waals surface area contributed by atoms with Crippen molar-refractivity contribution in [3.8, 4) is 0 Å². The molecule has 0 aliphatic carbocycles. The van der Waals surface area contributed by atoms with Gasteiger partial charge >= 0.3 is 0 Å². The van der Waals surface area contributed by atoms with E-state index in [1.54, 1.807) is 4.68 Å². The minimum atomic E-state index is 0.0794. The highest BCUT2D eigenvalue weighted by molar-refractivity contribution is 6.30. The van der Waals surface area contributed by atoms with Gasteiger partial charge in [0.2, 0.25) is 5.90 Å². The molecule has 1 aliphatic heterocycles. The monoisotopic (exact) mass is 333 g/mol. The first-order chi connectivity index (χ1) is 11.2. The summed E-state index contributed by atoms with van der Waals surface area (Å²) < 4.78 is 7.08. The molecule has 0 bridgehead atoms. The molecule has 1 aliphatic rings. The number of rotatable bonds is 3. The molecule has 3 rings (SSSR count). The van der Waals surface area contributed by atoms with Crippen molar-refractivity contribution in [1.82, 2.24) is 20.2 Å². The SMILES string of the molecule is CC.CCCOC(=N)C1=Cc2ccc(Cl)cc2Cn2nnnc21. The van der Waals surface area contributed by atoms with Crippen molar-refractivity contribution in [1.29, 1.82) is 5.41 Å². The number of benzene rings is 1. The molecule has 0 atom stereocenters. The fourth-order valence-electron chi connectivity index (χ4n) is 2.19. The van der Waals surface area contributed by atoms with E-state index in [1.807, 2.05) is 45.0 Å². The lowest BCUT2D eigenvalue weighted by Crippen LogP contribution is -2.11. The maximum absolute atomic E-state index is 8.11. The molecule has 2 aromatic rings. The second kappa shape index (κ2) is 7.87. The number of hydrogen-bond donors (Lipinski definition) is 1. The van der Waals surface area contributed by atoms with Crippen molar-refractivity contribution in [2.24, 2.45) is 0 Å². The minimum absolute atomic E-state index is 0.0794. The molecule has 0 saturated heterocycles. The van der Waals surface area contributed by atoms with Crippen molar-refractivity contribution >= 4 is 29.1 Å². The summed E-state index contributed by atoms with van der Waals surface area (Å²) in [6.07, 6.45) is 2.71. The normalized spacial score (nSPS) is 12.1. The van der Waals surface area contributed by atoms with Crippen LogP contribution in [0.4, 0.5) is 0 Å². The lowest BCUT2D eigenvalue weighted by Gasteiger charge is -2.08.